The van der Waals surface area contributed by atoms with E-state index >= 15 is 0 Å². The minimum absolute atomic E-state index is 0.276. The van der Waals surface area contributed by atoms with Gasteiger partial charge in [-0.2, -0.15) is 4.98 Å². The van der Waals surface area contributed by atoms with Crippen molar-refractivity contribution in [3.05, 3.63) is 89.1 Å². The SMILES string of the molecule is COc1cc(C)ccc1Oc1nc(Nc2ccc(N3CCOCC3)cc2)ncc1N=Cc1ccccc1Cl. The number of anilines is 3. The highest BCUT2D eigenvalue weighted by Crippen LogP contribution is 2.36. The van der Waals surface area contributed by atoms with Crippen LogP contribution in [0, 0.1) is 6.92 Å². The van der Waals surface area contributed by atoms with E-state index < -0.39 is 0 Å². The van der Waals surface area contributed by atoms with E-state index in [2.05, 4.69) is 37.3 Å². The third-order valence-corrected chi connectivity index (χ3v) is 6.35. The van der Waals surface area contributed by atoms with Crippen LogP contribution >= 0.6 is 11.6 Å². The summed E-state index contributed by atoms with van der Waals surface area (Å²) in [6, 6.07) is 21.3. The maximum absolute atomic E-state index is 6.30. The van der Waals surface area contributed by atoms with Crippen LogP contribution in [-0.2, 0) is 4.74 Å². The molecule has 1 aliphatic rings. The molecule has 0 radical (unpaired) electrons. The lowest BCUT2D eigenvalue weighted by Crippen LogP contribution is -2.36. The summed E-state index contributed by atoms with van der Waals surface area (Å²) in [6.45, 7) is 5.24. The van der Waals surface area contributed by atoms with Gasteiger partial charge >= 0.3 is 0 Å². The van der Waals surface area contributed by atoms with Crippen molar-refractivity contribution < 1.29 is 14.2 Å². The van der Waals surface area contributed by atoms with E-state index in [1.807, 2.05) is 61.5 Å². The first-order valence-electron chi connectivity index (χ1n) is 12.3. The molecule has 0 saturated carbocycles. The lowest BCUT2D eigenvalue weighted by molar-refractivity contribution is 0.122. The molecule has 0 atom stereocenters. The number of benzene rings is 3. The molecule has 1 N–H and O–H groups in total. The number of nitrogens with zero attached hydrogens (tertiary/aromatic N) is 4. The van der Waals surface area contributed by atoms with Crippen LogP contribution in [0.3, 0.4) is 0 Å². The molecule has 1 saturated heterocycles. The topological polar surface area (TPSA) is 81.1 Å². The number of hydrogen-bond donors (Lipinski definition) is 1. The Balaban J connectivity index is 1.42. The van der Waals surface area contributed by atoms with Gasteiger partial charge in [0.25, 0.3) is 5.88 Å². The second-order valence-electron chi connectivity index (χ2n) is 8.69. The Kier molecular flexibility index (Phi) is 8.01. The number of rotatable bonds is 8. The molecule has 0 spiro atoms. The van der Waals surface area contributed by atoms with Gasteiger partial charge in [-0.25, -0.2) is 9.98 Å². The molecule has 38 heavy (non-hydrogen) atoms. The quantitative estimate of drug-likeness (QED) is 0.258. The maximum atomic E-state index is 6.30. The summed E-state index contributed by atoms with van der Waals surface area (Å²) >= 11 is 6.30. The lowest BCUT2D eigenvalue weighted by atomic mass is 10.2. The van der Waals surface area contributed by atoms with Crippen LogP contribution in [-0.4, -0.2) is 49.6 Å². The summed E-state index contributed by atoms with van der Waals surface area (Å²) in [6.07, 6.45) is 3.28. The zero-order chi connectivity index (χ0) is 26.3. The molecule has 0 amide bonds. The Bertz CT molecular complexity index is 1420. The van der Waals surface area contributed by atoms with Gasteiger partial charge in [-0.15, -0.1) is 0 Å². The van der Waals surface area contributed by atoms with Crippen molar-refractivity contribution in [2.24, 2.45) is 4.99 Å². The zero-order valence-electron chi connectivity index (χ0n) is 21.2. The van der Waals surface area contributed by atoms with E-state index in [9.17, 15) is 0 Å². The Morgan fingerprint density at radius 2 is 1.82 bits per heavy atom. The van der Waals surface area contributed by atoms with Crippen LogP contribution in [0.4, 0.5) is 23.0 Å². The van der Waals surface area contributed by atoms with Gasteiger partial charge in [-0.1, -0.05) is 35.9 Å². The fourth-order valence-electron chi connectivity index (χ4n) is 3.97. The van der Waals surface area contributed by atoms with E-state index in [-0.39, 0.29) is 5.88 Å². The minimum atomic E-state index is 0.276. The first-order valence-corrected chi connectivity index (χ1v) is 12.6. The average Bonchev–Trinajstić information content (AvgIpc) is 2.95. The van der Waals surface area contributed by atoms with Crippen LogP contribution in [0.1, 0.15) is 11.1 Å². The fourth-order valence-corrected chi connectivity index (χ4v) is 4.16. The predicted molar refractivity (Wildman–Crippen MR) is 151 cm³/mol. The molecule has 1 aromatic heterocycles. The largest absolute Gasteiger partial charge is 0.493 e. The second kappa shape index (κ2) is 11.9. The highest BCUT2D eigenvalue weighted by Gasteiger charge is 2.14. The first kappa shape index (κ1) is 25.5. The van der Waals surface area contributed by atoms with E-state index in [4.69, 9.17) is 25.8 Å². The second-order valence-corrected chi connectivity index (χ2v) is 9.10. The van der Waals surface area contributed by atoms with Gasteiger partial charge in [-0.05, 0) is 55.0 Å². The Morgan fingerprint density at radius 1 is 1.03 bits per heavy atom. The summed E-state index contributed by atoms with van der Waals surface area (Å²) in [4.78, 5) is 16.0. The monoisotopic (exact) mass is 529 g/mol. The zero-order valence-corrected chi connectivity index (χ0v) is 22.0. The normalized spacial score (nSPS) is 13.5. The van der Waals surface area contributed by atoms with Crippen LogP contribution < -0.4 is 19.7 Å². The number of aryl methyl sites for hydroxylation is 1. The molecule has 1 aliphatic heterocycles. The van der Waals surface area contributed by atoms with Gasteiger partial charge in [0.1, 0.15) is 5.69 Å². The smallest absolute Gasteiger partial charge is 0.250 e. The molecule has 8 nitrogen and oxygen atoms in total. The first-order chi connectivity index (χ1) is 18.6. The van der Waals surface area contributed by atoms with Crippen molar-refractivity contribution in [3.8, 4) is 17.4 Å². The number of aliphatic imine (C=N–C) groups is 1. The minimum Gasteiger partial charge on any atom is -0.493 e. The van der Waals surface area contributed by atoms with Crippen LogP contribution in [0.2, 0.25) is 5.02 Å². The summed E-state index contributed by atoms with van der Waals surface area (Å²) in [5.74, 6) is 1.77. The third kappa shape index (κ3) is 6.22. The van der Waals surface area contributed by atoms with Gasteiger partial charge in [0.05, 0.1) is 26.5 Å². The van der Waals surface area contributed by atoms with E-state index in [1.54, 1.807) is 19.5 Å². The summed E-state index contributed by atoms with van der Waals surface area (Å²) in [5, 5.41) is 3.85. The number of ether oxygens (including phenoxy) is 3. The van der Waals surface area contributed by atoms with E-state index in [0.29, 0.717) is 28.2 Å². The Morgan fingerprint density at radius 3 is 2.58 bits per heavy atom. The molecule has 5 rings (SSSR count). The molecular weight excluding hydrogens is 502 g/mol. The standard InChI is InChI=1S/C29H28ClN5O3/c1-20-7-12-26(27(17-20)36-2)38-28-25(31-18-21-5-3-4-6-24(21)30)19-32-29(34-28)33-22-8-10-23(11-9-22)35-13-15-37-16-14-35/h3-12,17-19H,13-16H2,1-2H3,(H,32,33,34). The average molecular weight is 530 g/mol. The highest BCUT2D eigenvalue weighted by atomic mass is 35.5. The number of morpholine rings is 1. The van der Waals surface area contributed by atoms with Crippen molar-refractivity contribution >= 4 is 40.8 Å². The van der Waals surface area contributed by atoms with Gasteiger partial charge in [-0.3, -0.25) is 0 Å². The van der Waals surface area contributed by atoms with E-state index in [1.165, 1.54) is 0 Å². The highest BCUT2D eigenvalue weighted by molar-refractivity contribution is 6.33. The van der Waals surface area contributed by atoms with Crippen molar-refractivity contribution in [2.75, 3.05) is 43.6 Å². The fraction of sp³-hybridized carbons (Fsp3) is 0.207. The molecule has 3 aromatic carbocycles. The summed E-state index contributed by atoms with van der Waals surface area (Å²) in [5.41, 5.74) is 4.28. The van der Waals surface area contributed by atoms with Crippen molar-refractivity contribution in [2.45, 2.75) is 6.92 Å². The van der Waals surface area contributed by atoms with Gasteiger partial charge < -0.3 is 24.4 Å². The Labute approximate surface area is 226 Å². The molecule has 194 valence electrons. The Hall–Kier alpha value is -4.14. The van der Waals surface area contributed by atoms with Crippen LogP contribution in [0.5, 0.6) is 17.4 Å². The van der Waals surface area contributed by atoms with Crippen LogP contribution in [0.25, 0.3) is 0 Å². The molecule has 1 fully saturated rings. The number of methoxy groups -OCH3 is 1. The third-order valence-electron chi connectivity index (χ3n) is 6.01. The van der Waals surface area contributed by atoms with Crippen molar-refractivity contribution in [1.82, 2.24) is 9.97 Å². The maximum Gasteiger partial charge on any atom is 0.250 e. The van der Waals surface area contributed by atoms with E-state index in [0.717, 1.165) is 48.8 Å². The van der Waals surface area contributed by atoms with Crippen LogP contribution in [0.15, 0.2) is 77.9 Å². The summed E-state index contributed by atoms with van der Waals surface area (Å²) in [7, 11) is 1.60. The molecule has 4 aromatic rings. The number of nitrogens with one attached hydrogen (secondary N) is 1. The lowest BCUT2D eigenvalue weighted by Gasteiger charge is -2.28. The van der Waals surface area contributed by atoms with Crippen molar-refractivity contribution in [1.29, 1.82) is 0 Å². The van der Waals surface area contributed by atoms with Gasteiger partial charge in [0.15, 0.2) is 11.5 Å². The number of halogens is 1. The molecular formula is C29H28ClN5O3. The van der Waals surface area contributed by atoms with Crippen molar-refractivity contribution in [3.63, 3.8) is 0 Å². The van der Waals surface area contributed by atoms with Gasteiger partial charge in [0, 0.05) is 41.3 Å². The molecule has 0 unspecified atom stereocenters. The number of hydrogen-bond acceptors (Lipinski definition) is 8. The van der Waals surface area contributed by atoms with Gasteiger partial charge in [0.2, 0.25) is 5.95 Å². The summed E-state index contributed by atoms with van der Waals surface area (Å²) < 4.78 is 17.2. The molecule has 9 heteroatoms. The molecule has 0 aliphatic carbocycles. The number of aromatic nitrogens is 2. The molecule has 0 bridgehead atoms. The molecule has 2 heterocycles. The predicted octanol–water partition coefficient (Wildman–Crippen LogP) is 6.57.